The molecule has 1 aliphatic carbocycles. The van der Waals surface area contributed by atoms with E-state index in [-0.39, 0.29) is 5.78 Å². The van der Waals surface area contributed by atoms with Crippen molar-refractivity contribution in [2.75, 3.05) is 31.2 Å². The largest absolute Gasteiger partial charge is 0.378 e. The van der Waals surface area contributed by atoms with E-state index in [4.69, 9.17) is 4.74 Å². The number of hydrogen-bond donors (Lipinski definition) is 0. The molecule has 2 aliphatic rings. The zero-order valence-corrected chi connectivity index (χ0v) is 20.0. The van der Waals surface area contributed by atoms with Gasteiger partial charge in [-0.3, -0.25) is 4.79 Å². The van der Waals surface area contributed by atoms with Gasteiger partial charge in [0.1, 0.15) is 5.78 Å². The average molecular weight is 460 g/mol. The minimum atomic E-state index is -0.441. The third-order valence-electron chi connectivity index (χ3n) is 7.48. The van der Waals surface area contributed by atoms with Crippen LogP contribution in [0, 0.1) is 0 Å². The number of ketones is 1. The van der Waals surface area contributed by atoms with Crippen LogP contribution in [0.3, 0.4) is 0 Å². The molecule has 4 aromatic carbocycles. The highest BCUT2D eigenvalue weighted by Crippen LogP contribution is 2.58. The summed E-state index contributed by atoms with van der Waals surface area (Å²) in [4.78, 5) is 15.0. The minimum absolute atomic E-state index is 0.183. The maximum atomic E-state index is 12.6. The molecule has 3 heteroatoms. The highest BCUT2D eigenvalue weighted by atomic mass is 16.5. The smallest absolute Gasteiger partial charge is 0.134 e. The molecular formula is C32H29NO2. The van der Waals surface area contributed by atoms with Gasteiger partial charge in [-0.2, -0.15) is 0 Å². The lowest BCUT2D eigenvalue weighted by atomic mass is 9.67. The summed E-state index contributed by atoms with van der Waals surface area (Å²) in [6, 6.07) is 34.9. The summed E-state index contributed by atoms with van der Waals surface area (Å²) in [5.74, 6) is 0.183. The zero-order chi connectivity index (χ0) is 23.8. The van der Waals surface area contributed by atoms with Crippen LogP contribution in [0.5, 0.6) is 0 Å². The fourth-order valence-electron chi connectivity index (χ4n) is 6.12. The normalized spacial score (nSPS) is 16.0. The molecule has 6 rings (SSSR count). The summed E-state index contributed by atoms with van der Waals surface area (Å²) in [5.41, 5.74) is 9.31. The van der Waals surface area contributed by atoms with Gasteiger partial charge in [0, 0.05) is 25.2 Å². The highest BCUT2D eigenvalue weighted by Gasteiger charge is 2.47. The summed E-state index contributed by atoms with van der Waals surface area (Å²) in [6.07, 6.45) is 0.420. The maximum absolute atomic E-state index is 12.6. The standard InChI is InChI=1S/C32H29NO2/c1-23(34)22-27-30(33-18-20-35-21-19-33)17-16-29-31(27)26-14-8-9-15-28(26)32(29,24-10-4-2-5-11-24)25-12-6-3-7-13-25/h2-17H,18-22H2,1H3. The zero-order valence-electron chi connectivity index (χ0n) is 20.0. The van der Waals surface area contributed by atoms with Gasteiger partial charge < -0.3 is 9.64 Å². The number of fused-ring (bicyclic) bond motifs is 3. The minimum Gasteiger partial charge on any atom is -0.378 e. The monoisotopic (exact) mass is 459 g/mol. The van der Waals surface area contributed by atoms with Crippen LogP contribution >= 0.6 is 0 Å². The number of carbonyl (C=O) groups excluding carboxylic acids is 1. The maximum Gasteiger partial charge on any atom is 0.134 e. The summed E-state index contributed by atoms with van der Waals surface area (Å²) in [7, 11) is 0. The Morgan fingerprint density at radius 3 is 2.00 bits per heavy atom. The number of hydrogen-bond acceptors (Lipinski definition) is 3. The van der Waals surface area contributed by atoms with Crippen LogP contribution < -0.4 is 4.90 Å². The molecule has 1 saturated heterocycles. The van der Waals surface area contributed by atoms with Crippen molar-refractivity contribution >= 4 is 11.5 Å². The lowest BCUT2D eigenvalue weighted by Crippen LogP contribution is -2.37. The highest BCUT2D eigenvalue weighted by molar-refractivity contribution is 5.94. The second kappa shape index (κ2) is 8.83. The van der Waals surface area contributed by atoms with Crippen LogP contribution in [0.15, 0.2) is 97.1 Å². The molecule has 0 atom stereocenters. The molecule has 0 radical (unpaired) electrons. The third-order valence-corrected chi connectivity index (χ3v) is 7.48. The number of morpholine rings is 1. The Morgan fingerprint density at radius 2 is 1.37 bits per heavy atom. The van der Waals surface area contributed by atoms with Crippen LogP contribution in [-0.2, 0) is 21.4 Å². The van der Waals surface area contributed by atoms with E-state index in [0.717, 1.165) is 24.3 Å². The Kier molecular flexibility index (Phi) is 5.50. The van der Waals surface area contributed by atoms with Gasteiger partial charge in [-0.15, -0.1) is 0 Å². The van der Waals surface area contributed by atoms with E-state index in [1.165, 1.54) is 33.4 Å². The van der Waals surface area contributed by atoms with Crippen LogP contribution in [0.25, 0.3) is 11.1 Å². The van der Waals surface area contributed by atoms with Crippen molar-refractivity contribution in [2.24, 2.45) is 0 Å². The molecule has 0 unspecified atom stereocenters. The van der Waals surface area contributed by atoms with Gasteiger partial charge in [-0.25, -0.2) is 0 Å². The van der Waals surface area contributed by atoms with Gasteiger partial charge in [0.2, 0.25) is 0 Å². The first-order valence-corrected chi connectivity index (χ1v) is 12.4. The van der Waals surface area contributed by atoms with E-state index in [2.05, 4.69) is 102 Å². The van der Waals surface area contributed by atoms with E-state index in [0.29, 0.717) is 19.6 Å². The number of anilines is 1. The Morgan fingerprint density at radius 1 is 0.771 bits per heavy atom. The Labute approximate surface area is 207 Å². The first-order chi connectivity index (χ1) is 17.2. The van der Waals surface area contributed by atoms with Gasteiger partial charge in [0.25, 0.3) is 0 Å². The van der Waals surface area contributed by atoms with Gasteiger partial charge in [0.05, 0.1) is 18.6 Å². The van der Waals surface area contributed by atoms with Crippen LogP contribution in [-0.4, -0.2) is 32.1 Å². The van der Waals surface area contributed by atoms with Crippen molar-refractivity contribution in [3.8, 4) is 11.1 Å². The van der Waals surface area contributed by atoms with Crippen molar-refractivity contribution in [2.45, 2.75) is 18.8 Å². The van der Waals surface area contributed by atoms with Gasteiger partial charge in [-0.05, 0) is 51.9 Å². The molecule has 1 fully saturated rings. The van der Waals surface area contributed by atoms with E-state index in [9.17, 15) is 4.79 Å². The van der Waals surface area contributed by atoms with E-state index < -0.39 is 5.41 Å². The fraction of sp³-hybridized carbons (Fsp3) is 0.219. The van der Waals surface area contributed by atoms with Crippen LogP contribution in [0.4, 0.5) is 5.69 Å². The number of Topliss-reactive ketones (excluding diaryl/α,β-unsaturated/α-hetero) is 1. The molecule has 0 N–H and O–H groups in total. The Bertz CT molecular complexity index is 1330. The first-order valence-electron chi connectivity index (χ1n) is 12.4. The molecule has 0 bridgehead atoms. The SMILES string of the molecule is CC(=O)Cc1c(N2CCOCC2)ccc2c1-c1ccccc1C2(c1ccccc1)c1ccccc1. The number of ether oxygens (including phenoxy) is 1. The summed E-state index contributed by atoms with van der Waals surface area (Å²) < 4.78 is 5.63. The lowest BCUT2D eigenvalue weighted by Gasteiger charge is -2.35. The average Bonchev–Trinajstić information content (AvgIpc) is 3.22. The number of benzene rings is 4. The Balaban J connectivity index is 1.72. The lowest BCUT2D eigenvalue weighted by molar-refractivity contribution is -0.116. The van der Waals surface area contributed by atoms with E-state index in [1.807, 2.05) is 0 Å². The molecule has 0 saturated carbocycles. The van der Waals surface area contributed by atoms with Gasteiger partial charge >= 0.3 is 0 Å². The predicted octanol–water partition coefficient (Wildman–Crippen LogP) is 6.02. The molecule has 3 nitrogen and oxygen atoms in total. The summed E-state index contributed by atoms with van der Waals surface area (Å²) in [6.45, 7) is 4.81. The van der Waals surface area contributed by atoms with Crippen LogP contribution in [0.2, 0.25) is 0 Å². The topological polar surface area (TPSA) is 29.5 Å². The molecule has 35 heavy (non-hydrogen) atoms. The molecule has 1 aliphatic heterocycles. The van der Waals surface area contributed by atoms with Crippen molar-refractivity contribution in [3.05, 3.63) is 125 Å². The molecule has 4 aromatic rings. The summed E-state index contributed by atoms with van der Waals surface area (Å²) in [5, 5.41) is 0. The predicted molar refractivity (Wildman–Crippen MR) is 141 cm³/mol. The number of carbonyl (C=O) groups is 1. The molecule has 0 spiro atoms. The summed E-state index contributed by atoms with van der Waals surface area (Å²) >= 11 is 0. The quantitative estimate of drug-likeness (QED) is 0.322. The van der Waals surface area contributed by atoms with Gasteiger partial charge in [0.15, 0.2) is 0 Å². The molecular weight excluding hydrogens is 430 g/mol. The number of nitrogens with zero attached hydrogens (tertiary/aromatic N) is 1. The van der Waals surface area contributed by atoms with Crippen molar-refractivity contribution in [3.63, 3.8) is 0 Å². The van der Waals surface area contributed by atoms with Crippen molar-refractivity contribution in [1.82, 2.24) is 0 Å². The van der Waals surface area contributed by atoms with E-state index >= 15 is 0 Å². The van der Waals surface area contributed by atoms with E-state index in [1.54, 1.807) is 6.92 Å². The van der Waals surface area contributed by atoms with Crippen LogP contribution in [0.1, 0.15) is 34.7 Å². The number of rotatable bonds is 5. The molecule has 1 heterocycles. The molecule has 174 valence electrons. The fourth-order valence-corrected chi connectivity index (χ4v) is 6.12. The van der Waals surface area contributed by atoms with Crippen molar-refractivity contribution in [1.29, 1.82) is 0 Å². The third kappa shape index (κ3) is 3.42. The molecule has 0 aromatic heterocycles. The second-order valence-corrected chi connectivity index (χ2v) is 9.49. The molecule has 0 amide bonds. The Hall–Kier alpha value is -3.69. The second-order valence-electron chi connectivity index (χ2n) is 9.49. The van der Waals surface area contributed by atoms with Gasteiger partial charge in [-0.1, -0.05) is 91.0 Å². The van der Waals surface area contributed by atoms with Crippen molar-refractivity contribution < 1.29 is 9.53 Å². The first kappa shape index (κ1) is 21.8.